The zero-order valence-electron chi connectivity index (χ0n) is 10.1. The van der Waals surface area contributed by atoms with Crippen LogP contribution in [0.25, 0.3) is 0 Å². The molecular formula is C10H21ClN2O3S. The number of halogens is 1. The van der Waals surface area contributed by atoms with Gasteiger partial charge in [0, 0.05) is 32.3 Å². The molecule has 0 aromatic carbocycles. The predicted octanol–water partition coefficient (Wildman–Crippen LogP) is 0.211. The van der Waals surface area contributed by atoms with Crippen molar-refractivity contribution in [1.82, 2.24) is 9.62 Å². The van der Waals surface area contributed by atoms with E-state index < -0.39 is 10.0 Å². The van der Waals surface area contributed by atoms with Crippen LogP contribution in [0.4, 0.5) is 0 Å². The second kappa shape index (κ2) is 6.33. The average molecular weight is 285 g/mol. The highest BCUT2D eigenvalue weighted by atomic mass is 35.5. The SMILES string of the molecule is CC1CNCCN1S(=O)(=O)CC1CCCO1.Cl. The molecule has 2 rings (SSSR count). The molecule has 0 aromatic rings. The lowest BCUT2D eigenvalue weighted by Crippen LogP contribution is -2.53. The molecule has 1 N–H and O–H groups in total. The van der Waals surface area contributed by atoms with Crippen LogP contribution in [-0.4, -0.2) is 56.9 Å². The van der Waals surface area contributed by atoms with Gasteiger partial charge < -0.3 is 10.1 Å². The zero-order valence-corrected chi connectivity index (χ0v) is 11.7. The van der Waals surface area contributed by atoms with Gasteiger partial charge in [0.25, 0.3) is 0 Å². The summed E-state index contributed by atoms with van der Waals surface area (Å²) >= 11 is 0. The zero-order chi connectivity index (χ0) is 11.6. The largest absolute Gasteiger partial charge is 0.377 e. The normalized spacial score (nSPS) is 31.1. The Balaban J connectivity index is 0.00000144. The molecule has 2 heterocycles. The molecule has 0 amide bonds. The van der Waals surface area contributed by atoms with Crippen molar-refractivity contribution >= 4 is 22.4 Å². The van der Waals surface area contributed by atoms with E-state index in [2.05, 4.69) is 5.32 Å². The minimum Gasteiger partial charge on any atom is -0.377 e. The second-order valence-electron chi connectivity index (χ2n) is 4.58. The van der Waals surface area contributed by atoms with Crippen molar-refractivity contribution in [3.8, 4) is 0 Å². The summed E-state index contributed by atoms with van der Waals surface area (Å²) < 4.78 is 31.3. The fourth-order valence-corrected chi connectivity index (χ4v) is 4.26. The van der Waals surface area contributed by atoms with E-state index in [1.807, 2.05) is 6.92 Å². The van der Waals surface area contributed by atoms with Crippen LogP contribution >= 0.6 is 12.4 Å². The lowest BCUT2D eigenvalue weighted by Gasteiger charge is -2.33. The van der Waals surface area contributed by atoms with E-state index in [1.165, 1.54) is 0 Å². The van der Waals surface area contributed by atoms with Crippen LogP contribution < -0.4 is 5.32 Å². The molecule has 102 valence electrons. The maximum absolute atomic E-state index is 12.2. The van der Waals surface area contributed by atoms with Crippen LogP contribution in [0.15, 0.2) is 0 Å². The quantitative estimate of drug-likeness (QED) is 0.805. The monoisotopic (exact) mass is 284 g/mol. The minimum absolute atomic E-state index is 0. The number of piperazine rings is 1. The van der Waals surface area contributed by atoms with Gasteiger partial charge in [-0.1, -0.05) is 0 Å². The van der Waals surface area contributed by atoms with Gasteiger partial charge in [-0.2, -0.15) is 4.31 Å². The molecule has 0 spiro atoms. The Morgan fingerprint density at radius 3 is 2.82 bits per heavy atom. The molecule has 0 bridgehead atoms. The third-order valence-electron chi connectivity index (χ3n) is 3.22. The Bertz CT molecular complexity index is 330. The molecular weight excluding hydrogens is 264 g/mol. The van der Waals surface area contributed by atoms with Gasteiger partial charge in [0.2, 0.25) is 10.0 Å². The number of nitrogens with one attached hydrogen (secondary N) is 1. The van der Waals surface area contributed by atoms with Crippen LogP contribution in [0.3, 0.4) is 0 Å². The Labute approximate surface area is 109 Å². The van der Waals surface area contributed by atoms with Crippen molar-refractivity contribution in [3.05, 3.63) is 0 Å². The first-order chi connectivity index (χ1) is 7.59. The van der Waals surface area contributed by atoms with E-state index in [1.54, 1.807) is 4.31 Å². The standard InChI is InChI=1S/C10H20N2O3S.ClH/c1-9-7-11-4-5-12(9)16(13,14)8-10-3-2-6-15-10;/h9-11H,2-8H2,1H3;1H. The number of hydrogen-bond acceptors (Lipinski definition) is 4. The summed E-state index contributed by atoms with van der Waals surface area (Å²) in [5.74, 6) is 0.150. The van der Waals surface area contributed by atoms with Gasteiger partial charge in [-0.15, -0.1) is 12.4 Å². The summed E-state index contributed by atoms with van der Waals surface area (Å²) in [7, 11) is -3.15. The third-order valence-corrected chi connectivity index (χ3v) is 5.27. The first kappa shape index (κ1) is 15.2. The lowest BCUT2D eigenvalue weighted by molar-refractivity contribution is 0.125. The summed E-state index contributed by atoms with van der Waals surface area (Å²) in [5, 5.41) is 3.19. The van der Waals surface area contributed by atoms with E-state index in [0.29, 0.717) is 13.2 Å². The number of hydrogen-bond donors (Lipinski definition) is 1. The van der Waals surface area contributed by atoms with Crippen molar-refractivity contribution < 1.29 is 13.2 Å². The molecule has 0 aromatic heterocycles. The lowest BCUT2D eigenvalue weighted by atomic mass is 10.3. The van der Waals surface area contributed by atoms with Gasteiger partial charge in [0.1, 0.15) is 0 Å². The Morgan fingerprint density at radius 2 is 2.24 bits per heavy atom. The minimum atomic E-state index is -3.15. The van der Waals surface area contributed by atoms with Gasteiger partial charge in [0.05, 0.1) is 11.9 Å². The number of sulfonamides is 1. The van der Waals surface area contributed by atoms with E-state index in [0.717, 1.165) is 25.9 Å². The molecule has 2 unspecified atom stereocenters. The molecule has 17 heavy (non-hydrogen) atoms. The van der Waals surface area contributed by atoms with Gasteiger partial charge in [-0.25, -0.2) is 8.42 Å². The van der Waals surface area contributed by atoms with Gasteiger partial charge >= 0.3 is 0 Å². The van der Waals surface area contributed by atoms with Crippen molar-refractivity contribution in [2.45, 2.75) is 31.9 Å². The summed E-state index contributed by atoms with van der Waals surface area (Å²) in [5.41, 5.74) is 0. The maximum Gasteiger partial charge on any atom is 0.216 e. The van der Waals surface area contributed by atoms with Crippen LogP contribution in [0.2, 0.25) is 0 Å². The van der Waals surface area contributed by atoms with Crippen LogP contribution in [0.5, 0.6) is 0 Å². The smallest absolute Gasteiger partial charge is 0.216 e. The van der Waals surface area contributed by atoms with Crippen molar-refractivity contribution in [1.29, 1.82) is 0 Å². The van der Waals surface area contributed by atoms with Crippen molar-refractivity contribution in [2.24, 2.45) is 0 Å². The van der Waals surface area contributed by atoms with Gasteiger partial charge in [-0.3, -0.25) is 0 Å². The molecule has 7 heteroatoms. The molecule has 5 nitrogen and oxygen atoms in total. The van der Waals surface area contributed by atoms with Crippen LogP contribution in [-0.2, 0) is 14.8 Å². The highest BCUT2D eigenvalue weighted by molar-refractivity contribution is 7.89. The van der Waals surface area contributed by atoms with E-state index in [4.69, 9.17) is 4.74 Å². The maximum atomic E-state index is 12.2. The molecule has 0 aliphatic carbocycles. The van der Waals surface area contributed by atoms with Gasteiger partial charge in [0.15, 0.2) is 0 Å². The highest BCUT2D eigenvalue weighted by Crippen LogP contribution is 2.18. The molecule has 2 aliphatic heterocycles. The number of nitrogens with zero attached hydrogens (tertiary/aromatic N) is 1. The van der Waals surface area contributed by atoms with E-state index >= 15 is 0 Å². The van der Waals surface area contributed by atoms with Crippen LogP contribution in [0, 0.1) is 0 Å². The van der Waals surface area contributed by atoms with E-state index in [9.17, 15) is 8.42 Å². The summed E-state index contributed by atoms with van der Waals surface area (Å²) in [6.45, 7) is 4.71. The van der Waals surface area contributed by atoms with Crippen molar-refractivity contribution in [3.63, 3.8) is 0 Å². The molecule has 0 saturated carbocycles. The summed E-state index contributed by atoms with van der Waals surface area (Å²) in [6, 6.07) is 0.0557. The first-order valence-corrected chi connectivity index (χ1v) is 7.52. The molecule has 2 aliphatic rings. The average Bonchev–Trinajstić information content (AvgIpc) is 2.70. The Hall–Kier alpha value is 0.120. The Kier molecular flexibility index (Phi) is 5.66. The van der Waals surface area contributed by atoms with Crippen LogP contribution in [0.1, 0.15) is 19.8 Å². The Morgan fingerprint density at radius 1 is 1.47 bits per heavy atom. The highest BCUT2D eigenvalue weighted by Gasteiger charge is 2.32. The number of rotatable bonds is 3. The van der Waals surface area contributed by atoms with Gasteiger partial charge in [-0.05, 0) is 19.8 Å². The molecule has 2 saturated heterocycles. The summed E-state index contributed by atoms with van der Waals surface area (Å²) in [6.07, 6.45) is 1.77. The molecule has 2 atom stereocenters. The predicted molar refractivity (Wildman–Crippen MR) is 69.0 cm³/mol. The first-order valence-electron chi connectivity index (χ1n) is 5.91. The summed E-state index contributed by atoms with van der Waals surface area (Å²) in [4.78, 5) is 0. The fraction of sp³-hybridized carbons (Fsp3) is 1.00. The molecule has 2 fully saturated rings. The second-order valence-corrected chi connectivity index (χ2v) is 6.54. The topological polar surface area (TPSA) is 58.6 Å². The van der Waals surface area contributed by atoms with Crippen molar-refractivity contribution in [2.75, 3.05) is 32.0 Å². The molecule has 0 radical (unpaired) electrons. The third kappa shape index (κ3) is 3.79. The fourth-order valence-electron chi connectivity index (χ4n) is 2.34. The van der Waals surface area contributed by atoms with E-state index in [-0.39, 0.29) is 30.3 Å². The number of ether oxygens (including phenoxy) is 1.